The van der Waals surface area contributed by atoms with E-state index in [1.54, 1.807) is 66.7 Å². The van der Waals surface area contributed by atoms with Gasteiger partial charge in [-0.1, -0.05) is 77.5 Å². The molecule has 14 heteroatoms. The molecule has 5 aromatic carbocycles. The molecular weight excluding hydrogens is 921 g/mol. The summed E-state index contributed by atoms with van der Waals surface area (Å²) in [7, 11) is 0. The Hall–Kier alpha value is -8.00. The van der Waals surface area contributed by atoms with Gasteiger partial charge in [0.05, 0.1) is 48.7 Å². The van der Waals surface area contributed by atoms with E-state index in [1.165, 1.54) is 48.5 Å². The monoisotopic (exact) mass is 982 g/mol. The molecule has 0 bridgehead atoms. The Morgan fingerprint density at radius 2 is 0.694 bits per heavy atom. The van der Waals surface area contributed by atoms with E-state index in [0.29, 0.717) is 55.5 Å². The van der Waals surface area contributed by atoms with Gasteiger partial charge in [-0.3, -0.25) is 0 Å². The SMILES string of the molecule is C=CC(=O)OCCCCCCCCOc1ccc(C(=O)Oc2ccc(C(=O)Oc3ccc(CC)cc3OC(=O)c3ccc(OC(=O)c4ccc(OCCCCCCCCOC(=O)C=C)cc4)cc3)cc2)cc1. The van der Waals surface area contributed by atoms with Crippen molar-refractivity contribution in [1.29, 1.82) is 0 Å². The second-order valence-electron chi connectivity index (χ2n) is 16.5. The number of carbonyl (C=O) groups is 6. The molecule has 0 atom stereocenters. The molecule has 0 aliphatic heterocycles. The number of hydrogen-bond acceptors (Lipinski definition) is 14. The molecule has 0 saturated heterocycles. The number of esters is 6. The lowest BCUT2D eigenvalue weighted by Gasteiger charge is -2.13. The molecule has 0 spiro atoms. The van der Waals surface area contributed by atoms with Crippen LogP contribution in [0, 0.1) is 0 Å². The molecule has 0 radical (unpaired) electrons. The normalized spacial score (nSPS) is 10.6. The van der Waals surface area contributed by atoms with Crippen molar-refractivity contribution in [2.24, 2.45) is 0 Å². The highest BCUT2D eigenvalue weighted by atomic mass is 16.6. The molecule has 0 N–H and O–H groups in total. The molecule has 0 heterocycles. The Labute approximate surface area is 420 Å². The van der Waals surface area contributed by atoms with E-state index >= 15 is 0 Å². The standard InChI is InChI=1S/C58H62O14/c1-4-42-19-36-51(71-57(63)45-24-32-49(33-25-45)69-55(61)43-20-28-47(29-21-43)65-37-15-11-7-9-13-17-39-67-53(59)5-2)52(41-42)72-58(64)46-26-34-50(35-27-46)70-56(62)44-22-30-48(31-23-44)66-38-16-12-8-10-14-18-40-68-54(60)6-3/h5-6,19-36,41H,2-4,7-18,37-40H2,1H3. The topological polar surface area (TPSA) is 176 Å². The van der Waals surface area contributed by atoms with E-state index < -0.39 is 35.8 Å². The maximum Gasteiger partial charge on any atom is 0.343 e. The summed E-state index contributed by atoms with van der Waals surface area (Å²) in [4.78, 5) is 74.5. The van der Waals surface area contributed by atoms with Gasteiger partial charge in [-0.25, -0.2) is 28.8 Å². The quantitative estimate of drug-likeness (QED) is 0.0177. The van der Waals surface area contributed by atoms with Crippen LogP contribution in [0.3, 0.4) is 0 Å². The lowest BCUT2D eigenvalue weighted by Crippen LogP contribution is -2.13. The Balaban J connectivity index is 1.02. The fourth-order valence-corrected chi connectivity index (χ4v) is 6.94. The van der Waals surface area contributed by atoms with Crippen LogP contribution in [-0.4, -0.2) is 62.2 Å². The molecular formula is C58H62O14. The largest absolute Gasteiger partial charge is 0.494 e. The van der Waals surface area contributed by atoms with Crippen molar-refractivity contribution in [3.05, 3.63) is 168 Å². The van der Waals surface area contributed by atoms with Crippen LogP contribution in [0.15, 0.2) is 141 Å². The highest BCUT2D eigenvalue weighted by molar-refractivity contribution is 5.95. The van der Waals surface area contributed by atoms with E-state index in [2.05, 4.69) is 13.2 Å². The number of ether oxygens (including phenoxy) is 8. The maximum absolute atomic E-state index is 13.3. The molecule has 72 heavy (non-hydrogen) atoms. The maximum atomic E-state index is 13.3. The van der Waals surface area contributed by atoms with Crippen molar-refractivity contribution in [3.63, 3.8) is 0 Å². The van der Waals surface area contributed by atoms with Crippen LogP contribution >= 0.6 is 0 Å². The van der Waals surface area contributed by atoms with Gasteiger partial charge < -0.3 is 37.9 Å². The number of carbonyl (C=O) groups excluding carboxylic acids is 6. The highest BCUT2D eigenvalue weighted by Crippen LogP contribution is 2.31. The van der Waals surface area contributed by atoms with E-state index in [0.717, 1.165) is 94.8 Å². The molecule has 0 saturated carbocycles. The Bertz CT molecular complexity index is 2550. The summed E-state index contributed by atoms with van der Waals surface area (Å²) in [5.41, 5.74) is 1.79. The highest BCUT2D eigenvalue weighted by Gasteiger charge is 2.19. The van der Waals surface area contributed by atoms with Gasteiger partial charge in [0.25, 0.3) is 0 Å². The second kappa shape index (κ2) is 30.6. The Kier molecular flexibility index (Phi) is 23.3. The minimum Gasteiger partial charge on any atom is -0.494 e. The third-order valence-corrected chi connectivity index (χ3v) is 11.0. The van der Waals surface area contributed by atoms with E-state index in [9.17, 15) is 28.8 Å². The zero-order valence-corrected chi connectivity index (χ0v) is 40.8. The molecule has 0 aliphatic rings. The molecule has 5 aromatic rings. The smallest absolute Gasteiger partial charge is 0.343 e. The average Bonchev–Trinajstić information content (AvgIpc) is 3.40. The van der Waals surface area contributed by atoms with Crippen LogP contribution in [0.25, 0.3) is 0 Å². The lowest BCUT2D eigenvalue weighted by molar-refractivity contribution is -0.138. The first-order chi connectivity index (χ1) is 35.0. The zero-order valence-electron chi connectivity index (χ0n) is 40.8. The van der Waals surface area contributed by atoms with E-state index in [4.69, 9.17) is 37.9 Å². The number of aryl methyl sites for hydroxylation is 1. The number of hydrogen-bond donors (Lipinski definition) is 0. The summed E-state index contributed by atoms with van der Waals surface area (Å²) in [6.45, 7) is 10.6. The molecule has 5 rings (SSSR count). The molecule has 0 aromatic heterocycles. The average molecular weight is 983 g/mol. The number of rotatable bonds is 31. The van der Waals surface area contributed by atoms with Crippen LogP contribution in [0.5, 0.6) is 34.5 Å². The van der Waals surface area contributed by atoms with Gasteiger partial charge in [0.2, 0.25) is 0 Å². The van der Waals surface area contributed by atoms with Gasteiger partial charge in [0.1, 0.15) is 23.0 Å². The molecule has 0 unspecified atom stereocenters. The van der Waals surface area contributed by atoms with Crippen LogP contribution < -0.4 is 28.4 Å². The molecule has 378 valence electrons. The van der Waals surface area contributed by atoms with Crippen molar-refractivity contribution < 1.29 is 66.7 Å². The predicted molar refractivity (Wildman–Crippen MR) is 270 cm³/mol. The minimum absolute atomic E-state index is 0.0156. The first-order valence-electron chi connectivity index (χ1n) is 24.3. The van der Waals surface area contributed by atoms with E-state index in [-0.39, 0.29) is 34.1 Å². The van der Waals surface area contributed by atoms with Gasteiger partial charge in [-0.05, 0) is 147 Å². The fourth-order valence-electron chi connectivity index (χ4n) is 6.94. The van der Waals surface area contributed by atoms with Crippen LogP contribution in [0.2, 0.25) is 0 Å². The van der Waals surface area contributed by atoms with Gasteiger partial charge in [-0.15, -0.1) is 0 Å². The zero-order chi connectivity index (χ0) is 51.3. The van der Waals surface area contributed by atoms with Crippen LogP contribution in [0.4, 0.5) is 0 Å². The van der Waals surface area contributed by atoms with Gasteiger partial charge in [0, 0.05) is 12.2 Å². The fraction of sp³-hybridized carbons (Fsp3) is 0.310. The lowest BCUT2D eigenvalue weighted by atomic mass is 10.1. The van der Waals surface area contributed by atoms with Crippen LogP contribution in [-0.2, 0) is 25.5 Å². The molecule has 14 nitrogen and oxygen atoms in total. The molecule has 0 amide bonds. The third kappa shape index (κ3) is 19.4. The predicted octanol–water partition coefficient (Wildman–Crippen LogP) is 12.0. The van der Waals surface area contributed by atoms with Crippen molar-refractivity contribution in [2.45, 2.75) is 90.4 Å². The Morgan fingerprint density at radius 3 is 1.06 bits per heavy atom. The van der Waals surface area contributed by atoms with Crippen molar-refractivity contribution in [2.75, 3.05) is 26.4 Å². The molecule has 0 fully saturated rings. The summed E-state index contributed by atoms with van der Waals surface area (Å²) in [5, 5.41) is 0. The van der Waals surface area contributed by atoms with Gasteiger partial charge in [0.15, 0.2) is 11.5 Å². The molecule has 0 aliphatic carbocycles. The third-order valence-electron chi connectivity index (χ3n) is 11.0. The summed E-state index contributed by atoms with van der Waals surface area (Å²) >= 11 is 0. The summed E-state index contributed by atoms with van der Waals surface area (Å²) < 4.78 is 44.1. The van der Waals surface area contributed by atoms with Crippen molar-refractivity contribution >= 4 is 35.8 Å². The van der Waals surface area contributed by atoms with Crippen molar-refractivity contribution in [3.8, 4) is 34.5 Å². The summed E-state index contributed by atoms with van der Waals surface area (Å²) in [6.07, 6.45) is 14.6. The van der Waals surface area contributed by atoms with E-state index in [1.807, 2.05) is 6.92 Å². The Morgan fingerprint density at radius 1 is 0.375 bits per heavy atom. The van der Waals surface area contributed by atoms with Gasteiger partial charge >= 0.3 is 35.8 Å². The summed E-state index contributed by atoms with van der Waals surface area (Å²) in [5.74, 6) is -1.68. The minimum atomic E-state index is -0.733. The number of unbranched alkanes of at least 4 members (excludes halogenated alkanes) is 10. The van der Waals surface area contributed by atoms with Gasteiger partial charge in [-0.2, -0.15) is 0 Å². The van der Waals surface area contributed by atoms with Crippen LogP contribution in [0.1, 0.15) is 131 Å². The second-order valence-corrected chi connectivity index (χ2v) is 16.5. The first-order valence-corrected chi connectivity index (χ1v) is 24.3. The summed E-state index contributed by atoms with van der Waals surface area (Å²) in [6, 6.07) is 30.0. The number of benzene rings is 5. The first kappa shape index (κ1) is 54.9. The van der Waals surface area contributed by atoms with Crippen molar-refractivity contribution in [1.82, 2.24) is 0 Å².